The minimum atomic E-state index is 0.0379. The monoisotopic (exact) mass is 139 g/mol. The van der Waals surface area contributed by atoms with Gasteiger partial charge in [-0.3, -0.25) is 4.79 Å². The normalized spacial score (nSPS) is 12.6. The van der Waals surface area contributed by atoms with Gasteiger partial charge in [0.15, 0.2) is 0 Å². The molecule has 0 aliphatic heterocycles. The highest BCUT2D eigenvalue weighted by Gasteiger charge is 2.00. The van der Waals surface area contributed by atoms with Crippen LogP contribution in [0.5, 0.6) is 0 Å². The third-order valence-corrected chi connectivity index (χ3v) is 1.49. The molecule has 0 aliphatic carbocycles. The Hall–Kier alpha value is -0.590. The van der Waals surface area contributed by atoms with Crippen molar-refractivity contribution in [1.29, 1.82) is 0 Å². The van der Waals surface area contributed by atoms with Crippen molar-refractivity contribution in [2.24, 2.45) is 5.92 Å². The minimum absolute atomic E-state index is 0.0379. The lowest BCUT2D eigenvalue weighted by atomic mass is 10.0. The molecule has 1 nitrogen and oxygen atoms in total. The molecule has 0 spiro atoms. The van der Waals surface area contributed by atoms with Crippen LogP contribution < -0.4 is 0 Å². The Labute approximate surface area is 63.1 Å². The van der Waals surface area contributed by atoms with Crippen molar-refractivity contribution < 1.29 is 4.79 Å². The van der Waals surface area contributed by atoms with Crippen LogP contribution in [-0.2, 0) is 4.79 Å². The van der Waals surface area contributed by atoms with Crippen LogP contribution in [0.3, 0.4) is 0 Å². The molecular formula is C9H15O. The summed E-state index contributed by atoms with van der Waals surface area (Å²) in [5.41, 5.74) is 0. The highest BCUT2D eigenvalue weighted by molar-refractivity contribution is 5.82. The summed E-state index contributed by atoms with van der Waals surface area (Å²) >= 11 is 0. The second-order valence-electron chi connectivity index (χ2n) is 2.71. The van der Waals surface area contributed by atoms with Gasteiger partial charge in [-0.2, -0.15) is 0 Å². The second-order valence-corrected chi connectivity index (χ2v) is 2.71. The molecule has 0 heterocycles. The van der Waals surface area contributed by atoms with Crippen LogP contribution in [-0.4, -0.2) is 5.78 Å². The summed E-state index contributed by atoms with van der Waals surface area (Å²) in [5, 5.41) is 0. The van der Waals surface area contributed by atoms with E-state index in [4.69, 9.17) is 0 Å². The lowest BCUT2D eigenvalue weighted by Crippen LogP contribution is -1.97. The highest BCUT2D eigenvalue weighted by atomic mass is 16.1. The molecule has 0 aromatic heterocycles. The fourth-order valence-electron chi connectivity index (χ4n) is 0.810. The van der Waals surface area contributed by atoms with Crippen LogP contribution >= 0.6 is 0 Å². The van der Waals surface area contributed by atoms with Gasteiger partial charge in [0.25, 0.3) is 0 Å². The van der Waals surface area contributed by atoms with Crippen LogP contribution in [0.15, 0.2) is 12.7 Å². The molecule has 1 radical (unpaired) electrons. The molecular weight excluding hydrogens is 124 g/mol. The van der Waals surface area contributed by atoms with Gasteiger partial charge in [0.1, 0.15) is 5.78 Å². The molecule has 0 saturated heterocycles. The number of hydrogen-bond donors (Lipinski definition) is 0. The summed E-state index contributed by atoms with van der Waals surface area (Å²) in [7, 11) is 0. The van der Waals surface area contributed by atoms with Gasteiger partial charge in [0, 0.05) is 13.3 Å². The Morgan fingerprint density at radius 3 is 2.70 bits per heavy atom. The zero-order valence-corrected chi connectivity index (χ0v) is 6.60. The first-order valence-corrected chi connectivity index (χ1v) is 3.62. The average Bonchev–Trinajstić information content (AvgIpc) is 1.85. The Morgan fingerprint density at radius 1 is 1.70 bits per heavy atom. The van der Waals surface area contributed by atoms with Crippen LogP contribution in [0.1, 0.15) is 26.2 Å². The molecule has 0 rings (SSSR count). The molecule has 0 aliphatic rings. The van der Waals surface area contributed by atoms with E-state index in [-0.39, 0.29) is 5.78 Å². The number of carbonyl (C=O) groups is 1. The van der Waals surface area contributed by atoms with Gasteiger partial charge in [-0.25, -0.2) is 0 Å². The van der Waals surface area contributed by atoms with E-state index in [0.717, 1.165) is 12.8 Å². The molecule has 0 N–H and O–H groups in total. The van der Waals surface area contributed by atoms with E-state index in [9.17, 15) is 4.79 Å². The smallest absolute Gasteiger partial charge is 0.133 e. The van der Waals surface area contributed by atoms with E-state index in [2.05, 4.69) is 20.4 Å². The Balaban J connectivity index is 3.29. The van der Waals surface area contributed by atoms with E-state index in [1.54, 1.807) is 0 Å². The van der Waals surface area contributed by atoms with Gasteiger partial charge in [-0.05, 0) is 18.8 Å². The van der Waals surface area contributed by atoms with Crippen molar-refractivity contribution in [2.45, 2.75) is 26.2 Å². The number of carbonyl (C=O) groups excluding carboxylic acids is 1. The van der Waals surface area contributed by atoms with E-state index >= 15 is 0 Å². The first kappa shape index (κ1) is 9.41. The van der Waals surface area contributed by atoms with Crippen molar-refractivity contribution >= 4 is 5.78 Å². The summed E-state index contributed by atoms with van der Waals surface area (Å²) in [6, 6.07) is 0. The number of rotatable bonds is 5. The summed E-state index contributed by atoms with van der Waals surface area (Å²) in [5.74, 6) is 0.610. The maximum Gasteiger partial charge on any atom is 0.133 e. The van der Waals surface area contributed by atoms with Crippen LogP contribution in [0.2, 0.25) is 0 Å². The van der Waals surface area contributed by atoms with Crippen LogP contribution in [0, 0.1) is 12.8 Å². The SMILES string of the molecule is [CH2]C(=O)CC[C@@H](C)CC=C. The Morgan fingerprint density at radius 2 is 2.30 bits per heavy atom. The minimum Gasteiger partial charge on any atom is -0.300 e. The summed E-state index contributed by atoms with van der Waals surface area (Å²) in [4.78, 5) is 10.4. The van der Waals surface area contributed by atoms with Crippen molar-refractivity contribution in [2.75, 3.05) is 0 Å². The van der Waals surface area contributed by atoms with Crippen LogP contribution in [0.25, 0.3) is 0 Å². The first-order chi connectivity index (χ1) is 4.66. The van der Waals surface area contributed by atoms with Gasteiger partial charge < -0.3 is 0 Å². The van der Waals surface area contributed by atoms with E-state index < -0.39 is 0 Å². The topological polar surface area (TPSA) is 17.1 Å². The predicted molar refractivity (Wildman–Crippen MR) is 43.6 cm³/mol. The summed E-state index contributed by atoms with van der Waals surface area (Å²) in [6.45, 7) is 9.05. The molecule has 0 fully saturated rings. The molecule has 0 aromatic carbocycles. The molecule has 1 heteroatoms. The van der Waals surface area contributed by atoms with Gasteiger partial charge in [0.2, 0.25) is 0 Å². The van der Waals surface area contributed by atoms with E-state index in [1.807, 2.05) is 6.08 Å². The van der Waals surface area contributed by atoms with Gasteiger partial charge >= 0.3 is 0 Å². The molecule has 0 unspecified atom stereocenters. The molecule has 0 aromatic rings. The number of allylic oxidation sites excluding steroid dienone is 1. The van der Waals surface area contributed by atoms with Crippen molar-refractivity contribution in [3.05, 3.63) is 19.6 Å². The zero-order valence-electron chi connectivity index (χ0n) is 6.60. The molecule has 57 valence electrons. The predicted octanol–water partition coefficient (Wildman–Crippen LogP) is 2.38. The highest BCUT2D eigenvalue weighted by Crippen LogP contribution is 2.09. The van der Waals surface area contributed by atoms with Crippen molar-refractivity contribution in [3.8, 4) is 0 Å². The van der Waals surface area contributed by atoms with E-state index in [1.165, 1.54) is 0 Å². The molecule has 1 atom stereocenters. The molecule has 0 saturated carbocycles. The number of hydrogen-bond acceptors (Lipinski definition) is 1. The molecule has 10 heavy (non-hydrogen) atoms. The largest absolute Gasteiger partial charge is 0.300 e. The van der Waals surface area contributed by atoms with Gasteiger partial charge in [-0.1, -0.05) is 13.0 Å². The molecule has 0 bridgehead atoms. The molecule has 0 amide bonds. The zero-order chi connectivity index (χ0) is 7.98. The number of Topliss-reactive ketones (excluding diaryl/α,β-unsaturated/α-hetero) is 1. The average molecular weight is 139 g/mol. The Bertz CT molecular complexity index is 116. The van der Waals surface area contributed by atoms with Crippen LogP contribution in [0.4, 0.5) is 0 Å². The quantitative estimate of drug-likeness (QED) is 0.534. The van der Waals surface area contributed by atoms with Crippen molar-refractivity contribution in [1.82, 2.24) is 0 Å². The second kappa shape index (κ2) is 5.21. The van der Waals surface area contributed by atoms with E-state index in [0.29, 0.717) is 12.3 Å². The fourth-order valence-corrected chi connectivity index (χ4v) is 0.810. The third kappa shape index (κ3) is 5.54. The fraction of sp³-hybridized carbons (Fsp3) is 0.556. The maximum absolute atomic E-state index is 10.4. The lowest BCUT2D eigenvalue weighted by Gasteiger charge is -2.04. The third-order valence-electron chi connectivity index (χ3n) is 1.49. The number of ketones is 1. The van der Waals surface area contributed by atoms with Crippen molar-refractivity contribution in [3.63, 3.8) is 0 Å². The summed E-state index contributed by atoms with van der Waals surface area (Å²) < 4.78 is 0. The Kier molecular flexibility index (Phi) is 4.91. The standard InChI is InChI=1S/C9H15O/c1-4-5-8(2)6-7-9(3)10/h4,8H,1,3,5-7H2,2H3/t8-/m0/s1. The summed E-state index contributed by atoms with van der Waals surface area (Å²) in [6.07, 6.45) is 4.43. The van der Waals surface area contributed by atoms with Gasteiger partial charge in [0.05, 0.1) is 0 Å². The first-order valence-electron chi connectivity index (χ1n) is 3.62. The van der Waals surface area contributed by atoms with Gasteiger partial charge in [-0.15, -0.1) is 6.58 Å². The maximum atomic E-state index is 10.4. The lowest BCUT2D eigenvalue weighted by molar-refractivity contribution is -0.115.